The minimum absolute atomic E-state index is 0.266. The molecule has 0 N–H and O–H groups in total. The normalized spacial score (nSPS) is 16.4. The molecule has 1 heterocycles. The zero-order chi connectivity index (χ0) is 9.26. The fraction of sp³-hybridized carbons (Fsp3) is 0.400. The third kappa shape index (κ3) is 2.04. The van der Waals surface area contributed by atoms with Crippen LogP contribution >= 0.6 is 11.3 Å². The lowest BCUT2D eigenvalue weighted by Crippen LogP contribution is -1.87. The number of thiazole rings is 1. The van der Waals surface area contributed by atoms with Gasteiger partial charge in [-0.15, -0.1) is 11.3 Å². The average Bonchev–Trinajstić information content (AvgIpc) is 2.62. The van der Waals surface area contributed by atoms with E-state index in [4.69, 9.17) is 0 Å². The second kappa shape index (κ2) is 3.42. The van der Waals surface area contributed by atoms with Gasteiger partial charge in [0.1, 0.15) is 0 Å². The molecule has 13 heavy (non-hydrogen) atoms. The van der Waals surface area contributed by atoms with Crippen LogP contribution in [0.1, 0.15) is 23.5 Å². The van der Waals surface area contributed by atoms with Gasteiger partial charge in [-0.25, -0.2) is 4.98 Å². The van der Waals surface area contributed by atoms with Crippen molar-refractivity contribution in [1.82, 2.24) is 4.98 Å². The molecule has 1 aromatic heterocycles. The van der Waals surface area contributed by atoms with Gasteiger partial charge in [-0.3, -0.25) is 4.79 Å². The van der Waals surface area contributed by atoms with E-state index in [1.54, 1.807) is 17.4 Å². The van der Waals surface area contributed by atoms with Crippen molar-refractivity contribution in [3.63, 3.8) is 0 Å². The number of aromatic nitrogens is 1. The van der Waals surface area contributed by atoms with Gasteiger partial charge in [-0.2, -0.15) is 0 Å². The molecule has 1 aromatic rings. The van der Waals surface area contributed by atoms with Gasteiger partial charge in [0, 0.05) is 18.2 Å². The Kier molecular flexibility index (Phi) is 2.27. The number of rotatable bonds is 2. The van der Waals surface area contributed by atoms with Crippen LogP contribution in [0.3, 0.4) is 0 Å². The molecule has 0 fully saturated rings. The summed E-state index contributed by atoms with van der Waals surface area (Å²) in [7, 11) is 0. The van der Waals surface area contributed by atoms with Gasteiger partial charge < -0.3 is 0 Å². The summed E-state index contributed by atoms with van der Waals surface area (Å²) in [6.07, 6.45) is 4.25. The molecule has 2 nitrogen and oxygen atoms in total. The first-order chi connectivity index (χ1) is 6.24. The van der Waals surface area contributed by atoms with Crippen molar-refractivity contribution in [2.75, 3.05) is 0 Å². The molecule has 0 radical (unpaired) electrons. The number of allylic oxidation sites excluding steroid dienone is 2. The SMILES string of the molecule is Cc1nc(CC2=CC(=O)CC2)cs1. The predicted molar refractivity (Wildman–Crippen MR) is 52.9 cm³/mol. The minimum Gasteiger partial charge on any atom is -0.295 e. The van der Waals surface area contributed by atoms with Crippen molar-refractivity contribution in [2.45, 2.75) is 26.2 Å². The van der Waals surface area contributed by atoms with Gasteiger partial charge in [-0.1, -0.05) is 5.57 Å². The summed E-state index contributed by atoms with van der Waals surface area (Å²) in [6, 6.07) is 0. The lowest BCUT2D eigenvalue weighted by atomic mass is 10.1. The van der Waals surface area contributed by atoms with Crippen LogP contribution in [0.2, 0.25) is 0 Å². The van der Waals surface area contributed by atoms with E-state index in [0.717, 1.165) is 23.5 Å². The summed E-state index contributed by atoms with van der Waals surface area (Å²) in [5.74, 6) is 0.266. The molecule has 0 unspecified atom stereocenters. The summed E-state index contributed by atoms with van der Waals surface area (Å²) in [5, 5.41) is 3.17. The fourth-order valence-corrected chi connectivity index (χ4v) is 2.13. The van der Waals surface area contributed by atoms with Crippen molar-refractivity contribution in [3.8, 4) is 0 Å². The van der Waals surface area contributed by atoms with Crippen LogP contribution in [0.4, 0.5) is 0 Å². The van der Waals surface area contributed by atoms with E-state index in [-0.39, 0.29) is 5.78 Å². The summed E-state index contributed by atoms with van der Waals surface area (Å²) >= 11 is 1.67. The first-order valence-corrected chi connectivity index (χ1v) is 5.25. The molecule has 68 valence electrons. The number of aryl methyl sites for hydroxylation is 1. The predicted octanol–water partition coefficient (Wildman–Crippen LogP) is 2.28. The molecule has 0 aliphatic heterocycles. The molecule has 3 heteroatoms. The molecular formula is C10H11NOS. The molecule has 1 aliphatic carbocycles. The van der Waals surface area contributed by atoms with E-state index in [0.29, 0.717) is 6.42 Å². The minimum atomic E-state index is 0.266. The van der Waals surface area contributed by atoms with Gasteiger partial charge in [0.05, 0.1) is 10.7 Å². The van der Waals surface area contributed by atoms with E-state index in [2.05, 4.69) is 10.4 Å². The van der Waals surface area contributed by atoms with E-state index < -0.39 is 0 Å². The second-order valence-corrected chi connectivity index (χ2v) is 4.37. The van der Waals surface area contributed by atoms with E-state index in [9.17, 15) is 4.79 Å². The molecule has 0 atom stereocenters. The van der Waals surface area contributed by atoms with Crippen LogP contribution in [0.15, 0.2) is 17.0 Å². The average molecular weight is 193 g/mol. The Labute approximate surface area is 81.3 Å². The van der Waals surface area contributed by atoms with E-state index in [1.165, 1.54) is 5.57 Å². The number of hydrogen-bond donors (Lipinski definition) is 0. The highest BCUT2D eigenvalue weighted by Crippen LogP contribution is 2.20. The largest absolute Gasteiger partial charge is 0.295 e. The van der Waals surface area contributed by atoms with Gasteiger partial charge in [-0.05, 0) is 19.4 Å². The van der Waals surface area contributed by atoms with Crippen molar-refractivity contribution in [3.05, 3.63) is 27.7 Å². The van der Waals surface area contributed by atoms with Crippen LogP contribution in [0.5, 0.6) is 0 Å². The monoisotopic (exact) mass is 193 g/mol. The Balaban J connectivity index is 2.06. The summed E-state index contributed by atoms with van der Waals surface area (Å²) in [6.45, 7) is 2.00. The Morgan fingerprint density at radius 2 is 2.38 bits per heavy atom. The summed E-state index contributed by atoms with van der Waals surface area (Å²) in [4.78, 5) is 15.3. The maximum atomic E-state index is 11.0. The Morgan fingerprint density at radius 3 is 2.92 bits per heavy atom. The summed E-state index contributed by atoms with van der Waals surface area (Å²) in [5.41, 5.74) is 2.33. The van der Waals surface area contributed by atoms with Crippen molar-refractivity contribution in [2.24, 2.45) is 0 Å². The maximum absolute atomic E-state index is 11.0. The van der Waals surface area contributed by atoms with Gasteiger partial charge in [0.25, 0.3) is 0 Å². The lowest BCUT2D eigenvalue weighted by molar-refractivity contribution is -0.114. The molecule has 0 aromatic carbocycles. The standard InChI is InChI=1S/C10H11NOS/c1-7-11-9(6-13-7)4-8-2-3-10(12)5-8/h5-6H,2-4H2,1H3. The highest BCUT2D eigenvalue weighted by Gasteiger charge is 2.12. The summed E-state index contributed by atoms with van der Waals surface area (Å²) < 4.78 is 0. The third-order valence-corrected chi connectivity index (χ3v) is 2.95. The van der Waals surface area contributed by atoms with E-state index in [1.807, 2.05) is 6.92 Å². The molecule has 0 saturated heterocycles. The quantitative estimate of drug-likeness (QED) is 0.721. The number of ketones is 1. The van der Waals surface area contributed by atoms with Crippen molar-refractivity contribution >= 4 is 17.1 Å². The fourth-order valence-electron chi connectivity index (χ4n) is 1.52. The van der Waals surface area contributed by atoms with Crippen LogP contribution in [-0.2, 0) is 11.2 Å². The number of hydrogen-bond acceptors (Lipinski definition) is 3. The maximum Gasteiger partial charge on any atom is 0.155 e. The van der Waals surface area contributed by atoms with Crippen LogP contribution in [-0.4, -0.2) is 10.8 Å². The highest BCUT2D eigenvalue weighted by atomic mass is 32.1. The molecule has 2 rings (SSSR count). The highest BCUT2D eigenvalue weighted by molar-refractivity contribution is 7.09. The first kappa shape index (κ1) is 8.63. The number of carbonyl (C=O) groups excluding carboxylic acids is 1. The molecule has 0 spiro atoms. The third-order valence-electron chi connectivity index (χ3n) is 2.13. The van der Waals surface area contributed by atoms with Crippen LogP contribution in [0, 0.1) is 6.92 Å². The van der Waals surface area contributed by atoms with Gasteiger partial charge >= 0.3 is 0 Å². The van der Waals surface area contributed by atoms with Crippen molar-refractivity contribution < 1.29 is 4.79 Å². The van der Waals surface area contributed by atoms with Gasteiger partial charge in [0.15, 0.2) is 5.78 Å². The van der Waals surface area contributed by atoms with Gasteiger partial charge in [0.2, 0.25) is 0 Å². The van der Waals surface area contributed by atoms with E-state index >= 15 is 0 Å². The molecule has 0 saturated carbocycles. The zero-order valence-electron chi connectivity index (χ0n) is 7.54. The molecular weight excluding hydrogens is 182 g/mol. The molecule has 1 aliphatic rings. The zero-order valence-corrected chi connectivity index (χ0v) is 8.36. The topological polar surface area (TPSA) is 30.0 Å². The number of nitrogens with zero attached hydrogens (tertiary/aromatic N) is 1. The van der Waals surface area contributed by atoms with Crippen LogP contribution < -0.4 is 0 Å². The lowest BCUT2D eigenvalue weighted by Gasteiger charge is -1.95. The van der Waals surface area contributed by atoms with Crippen molar-refractivity contribution in [1.29, 1.82) is 0 Å². The van der Waals surface area contributed by atoms with Crippen LogP contribution in [0.25, 0.3) is 0 Å². The first-order valence-electron chi connectivity index (χ1n) is 4.37. The Morgan fingerprint density at radius 1 is 1.54 bits per heavy atom. The number of carbonyl (C=O) groups is 1. The smallest absolute Gasteiger partial charge is 0.155 e. The Hall–Kier alpha value is -0.960. The molecule has 0 amide bonds. The Bertz CT molecular complexity index is 365. The second-order valence-electron chi connectivity index (χ2n) is 3.30. The molecule has 0 bridgehead atoms.